The third-order valence-corrected chi connectivity index (χ3v) is 3.97. The van der Waals surface area contributed by atoms with Crippen molar-refractivity contribution in [1.29, 1.82) is 0 Å². The number of ether oxygens (including phenoxy) is 1. The van der Waals surface area contributed by atoms with Crippen LogP contribution in [0, 0.1) is 5.92 Å². The minimum atomic E-state index is -0.0511. The van der Waals surface area contributed by atoms with Gasteiger partial charge in [-0.1, -0.05) is 29.8 Å². The summed E-state index contributed by atoms with van der Waals surface area (Å²) in [6.45, 7) is 1.72. The van der Waals surface area contributed by atoms with E-state index >= 15 is 0 Å². The highest BCUT2D eigenvalue weighted by atomic mass is 35.5. The molecule has 0 saturated heterocycles. The Labute approximate surface area is 134 Å². The highest BCUT2D eigenvalue weighted by Crippen LogP contribution is 2.26. The van der Waals surface area contributed by atoms with Crippen molar-refractivity contribution in [2.24, 2.45) is 5.92 Å². The molecule has 6 heteroatoms. The zero-order chi connectivity index (χ0) is 15.4. The largest absolute Gasteiger partial charge is 0.493 e. The number of aromatic nitrogens is 2. The van der Waals surface area contributed by atoms with Gasteiger partial charge in [0.2, 0.25) is 5.91 Å². The van der Waals surface area contributed by atoms with Crippen LogP contribution in [0.15, 0.2) is 36.7 Å². The summed E-state index contributed by atoms with van der Waals surface area (Å²) in [6, 6.07) is 7.90. The lowest BCUT2D eigenvalue weighted by molar-refractivity contribution is -0.125. The first-order valence-electron chi connectivity index (χ1n) is 7.39. The summed E-state index contributed by atoms with van der Waals surface area (Å²) in [5.41, 5.74) is 1.10. The van der Waals surface area contributed by atoms with Crippen LogP contribution in [0.3, 0.4) is 0 Å². The van der Waals surface area contributed by atoms with Crippen molar-refractivity contribution in [3.63, 3.8) is 0 Å². The molecule has 22 heavy (non-hydrogen) atoms. The van der Waals surface area contributed by atoms with E-state index < -0.39 is 0 Å². The number of amides is 1. The molecular formula is C16H18ClN3O2. The Morgan fingerprint density at radius 1 is 1.45 bits per heavy atom. The third kappa shape index (κ3) is 3.60. The SMILES string of the molecule is O=C(NCCn1cc(Cl)cn1)[C@H]1CCOc2ccccc2C1. The fourth-order valence-corrected chi connectivity index (χ4v) is 2.77. The number of carbonyl (C=O) groups excluding carboxylic acids is 1. The molecule has 5 nitrogen and oxygen atoms in total. The fraction of sp³-hybridized carbons (Fsp3) is 0.375. The van der Waals surface area contributed by atoms with Crippen molar-refractivity contribution < 1.29 is 9.53 Å². The van der Waals surface area contributed by atoms with Crippen molar-refractivity contribution in [1.82, 2.24) is 15.1 Å². The number of nitrogens with one attached hydrogen (secondary N) is 1. The molecule has 1 aliphatic rings. The number of para-hydroxylation sites is 1. The van der Waals surface area contributed by atoms with Gasteiger partial charge in [0.25, 0.3) is 0 Å². The van der Waals surface area contributed by atoms with E-state index in [1.807, 2.05) is 24.3 Å². The van der Waals surface area contributed by atoms with Gasteiger partial charge in [-0.25, -0.2) is 0 Å². The van der Waals surface area contributed by atoms with Gasteiger partial charge in [-0.15, -0.1) is 0 Å². The number of carbonyl (C=O) groups is 1. The molecular weight excluding hydrogens is 302 g/mol. The Morgan fingerprint density at radius 2 is 2.32 bits per heavy atom. The van der Waals surface area contributed by atoms with Crippen molar-refractivity contribution in [2.75, 3.05) is 13.2 Å². The zero-order valence-electron chi connectivity index (χ0n) is 12.2. The molecule has 0 unspecified atom stereocenters. The van der Waals surface area contributed by atoms with Crippen LogP contribution in [-0.4, -0.2) is 28.8 Å². The van der Waals surface area contributed by atoms with Crippen molar-refractivity contribution >= 4 is 17.5 Å². The standard InChI is InChI=1S/C16H18ClN3O2/c17-14-10-19-20(11-14)7-6-18-16(21)13-5-8-22-15-4-2-1-3-12(15)9-13/h1-4,10-11,13H,5-9H2,(H,18,21)/t13-/m0/s1. The molecule has 1 N–H and O–H groups in total. The Balaban J connectivity index is 1.54. The second-order valence-electron chi connectivity index (χ2n) is 5.36. The van der Waals surface area contributed by atoms with Gasteiger partial charge in [-0.3, -0.25) is 9.48 Å². The van der Waals surface area contributed by atoms with Crippen molar-refractivity contribution in [3.05, 3.63) is 47.2 Å². The molecule has 0 fully saturated rings. The van der Waals surface area contributed by atoms with Gasteiger partial charge in [-0.05, 0) is 24.5 Å². The summed E-state index contributed by atoms with van der Waals surface area (Å²) in [5, 5.41) is 7.65. The molecule has 0 bridgehead atoms. The van der Waals surface area contributed by atoms with E-state index in [2.05, 4.69) is 10.4 Å². The van der Waals surface area contributed by atoms with Crippen molar-refractivity contribution in [2.45, 2.75) is 19.4 Å². The van der Waals surface area contributed by atoms with Crippen LogP contribution >= 0.6 is 11.6 Å². The van der Waals surface area contributed by atoms with E-state index in [1.54, 1.807) is 17.1 Å². The van der Waals surface area contributed by atoms with Crippen LogP contribution in [0.2, 0.25) is 5.02 Å². The van der Waals surface area contributed by atoms with Crippen LogP contribution in [-0.2, 0) is 17.8 Å². The molecule has 0 saturated carbocycles. The Bertz CT molecular complexity index is 656. The monoisotopic (exact) mass is 319 g/mol. The summed E-state index contributed by atoms with van der Waals surface area (Å²) >= 11 is 5.81. The van der Waals surface area contributed by atoms with E-state index in [4.69, 9.17) is 16.3 Å². The van der Waals surface area contributed by atoms with E-state index in [-0.39, 0.29) is 11.8 Å². The van der Waals surface area contributed by atoms with Crippen LogP contribution in [0.5, 0.6) is 5.75 Å². The molecule has 1 aromatic heterocycles. The molecule has 1 aliphatic heterocycles. The number of nitrogens with zero attached hydrogens (tertiary/aromatic N) is 2. The summed E-state index contributed by atoms with van der Waals surface area (Å²) < 4.78 is 7.41. The maximum absolute atomic E-state index is 12.3. The van der Waals surface area contributed by atoms with Crippen LogP contribution in [0.25, 0.3) is 0 Å². The van der Waals surface area contributed by atoms with Gasteiger partial charge in [-0.2, -0.15) is 5.10 Å². The topological polar surface area (TPSA) is 56.2 Å². The van der Waals surface area contributed by atoms with Crippen molar-refractivity contribution in [3.8, 4) is 5.75 Å². The van der Waals surface area contributed by atoms with Gasteiger partial charge in [0.05, 0.1) is 24.4 Å². The first kappa shape index (κ1) is 14.9. The Hall–Kier alpha value is -2.01. The third-order valence-electron chi connectivity index (χ3n) is 3.78. The minimum Gasteiger partial charge on any atom is -0.493 e. The molecule has 2 aromatic rings. The van der Waals surface area contributed by atoms with E-state index in [1.165, 1.54) is 0 Å². The number of hydrogen-bond donors (Lipinski definition) is 1. The van der Waals surface area contributed by atoms with E-state index in [0.29, 0.717) is 24.7 Å². The Morgan fingerprint density at radius 3 is 3.14 bits per heavy atom. The number of fused-ring (bicyclic) bond motifs is 1. The molecule has 3 rings (SSSR count). The molecule has 1 amide bonds. The first-order valence-corrected chi connectivity index (χ1v) is 7.76. The van der Waals surface area contributed by atoms with Crippen LogP contribution < -0.4 is 10.1 Å². The first-order chi connectivity index (χ1) is 10.7. The number of halogens is 1. The molecule has 0 spiro atoms. The number of hydrogen-bond acceptors (Lipinski definition) is 3. The van der Waals surface area contributed by atoms with E-state index in [0.717, 1.165) is 24.2 Å². The average molecular weight is 320 g/mol. The van der Waals surface area contributed by atoms with Gasteiger partial charge in [0.15, 0.2) is 0 Å². The molecule has 2 heterocycles. The number of benzene rings is 1. The lowest BCUT2D eigenvalue weighted by Crippen LogP contribution is -2.34. The predicted molar refractivity (Wildman–Crippen MR) is 84.0 cm³/mol. The molecule has 1 atom stereocenters. The second kappa shape index (κ2) is 6.83. The van der Waals surface area contributed by atoms with Crippen LogP contribution in [0.1, 0.15) is 12.0 Å². The lowest BCUT2D eigenvalue weighted by atomic mass is 9.96. The molecule has 116 valence electrons. The highest BCUT2D eigenvalue weighted by Gasteiger charge is 2.23. The van der Waals surface area contributed by atoms with Gasteiger partial charge < -0.3 is 10.1 Å². The summed E-state index contributed by atoms with van der Waals surface area (Å²) in [4.78, 5) is 12.3. The average Bonchev–Trinajstić information content (AvgIpc) is 2.81. The highest BCUT2D eigenvalue weighted by molar-refractivity contribution is 6.30. The normalized spacial score (nSPS) is 17.2. The summed E-state index contributed by atoms with van der Waals surface area (Å²) in [5.74, 6) is 0.910. The smallest absolute Gasteiger partial charge is 0.223 e. The quantitative estimate of drug-likeness (QED) is 0.940. The Kier molecular flexibility index (Phi) is 4.63. The summed E-state index contributed by atoms with van der Waals surface area (Å²) in [6.07, 6.45) is 4.77. The molecule has 1 aromatic carbocycles. The molecule has 0 radical (unpaired) electrons. The summed E-state index contributed by atoms with van der Waals surface area (Å²) in [7, 11) is 0. The fourth-order valence-electron chi connectivity index (χ4n) is 2.61. The number of rotatable bonds is 4. The predicted octanol–water partition coefficient (Wildman–Crippen LogP) is 2.29. The minimum absolute atomic E-state index is 0.0511. The second-order valence-corrected chi connectivity index (χ2v) is 5.79. The van der Waals surface area contributed by atoms with Gasteiger partial charge >= 0.3 is 0 Å². The lowest BCUT2D eigenvalue weighted by Gasteiger charge is -2.14. The zero-order valence-corrected chi connectivity index (χ0v) is 12.9. The van der Waals surface area contributed by atoms with Gasteiger partial charge in [0.1, 0.15) is 5.75 Å². The maximum Gasteiger partial charge on any atom is 0.223 e. The molecule has 0 aliphatic carbocycles. The van der Waals surface area contributed by atoms with E-state index in [9.17, 15) is 4.79 Å². The van der Waals surface area contributed by atoms with Crippen LogP contribution in [0.4, 0.5) is 0 Å². The van der Waals surface area contributed by atoms with Gasteiger partial charge in [0, 0.05) is 18.7 Å². The maximum atomic E-state index is 12.3.